The van der Waals surface area contributed by atoms with Gasteiger partial charge in [-0.05, 0) is 62.2 Å². The molecule has 0 saturated carbocycles. The van der Waals surface area contributed by atoms with Gasteiger partial charge in [-0.15, -0.1) is 0 Å². The molecule has 0 spiro atoms. The van der Waals surface area contributed by atoms with Crippen molar-refractivity contribution >= 4 is 17.6 Å². The van der Waals surface area contributed by atoms with Crippen molar-refractivity contribution in [3.8, 4) is 0 Å². The molecule has 2 amide bonds. The maximum absolute atomic E-state index is 13.4. The normalized spacial score (nSPS) is 18.7. The molecule has 2 aliphatic rings. The Balaban J connectivity index is 1.32. The number of likely N-dealkylation sites (tertiary alicyclic amines) is 2. The molecule has 1 aromatic carbocycles. The molecular weight excluding hydrogens is 476 g/mol. The molecule has 0 atom stereocenters. The van der Waals surface area contributed by atoms with Crippen LogP contribution in [0.2, 0.25) is 0 Å². The molecule has 2 aliphatic heterocycles. The highest BCUT2D eigenvalue weighted by molar-refractivity contribution is 5.94. The molecule has 3 heterocycles. The number of nitrogens with zero attached hydrogens (tertiary/aromatic N) is 4. The summed E-state index contributed by atoms with van der Waals surface area (Å²) in [7, 11) is 1.72. The van der Waals surface area contributed by atoms with Crippen LogP contribution in [0.15, 0.2) is 30.6 Å². The topological polar surface area (TPSA) is 90.5 Å². The van der Waals surface area contributed by atoms with Gasteiger partial charge in [-0.25, -0.2) is 9.97 Å². The molecule has 38 heavy (non-hydrogen) atoms. The van der Waals surface area contributed by atoms with Crippen LogP contribution in [0.3, 0.4) is 0 Å². The van der Waals surface area contributed by atoms with Gasteiger partial charge in [0.15, 0.2) is 0 Å². The molecule has 8 heteroatoms. The van der Waals surface area contributed by atoms with Crippen LogP contribution >= 0.6 is 0 Å². The summed E-state index contributed by atoms with van der Waals surface area (Å²) in [5, 5.41) is 6.22. The standard InChI is InChI=1S/C30H44N6O2/c1-21-25(33-20-34-26(21)32-19-22-7-9-23(10-8-22)29(2,3)4)27(37)36-15-11-24(12-16-36)35-17-13-30(5,14-18-35)28(38)31-6/h7-10,20,24H,11-19H2,1-6H3,(H,31,38)(H,32,33,34). The first kappa shape index (κ1) is 28.0. The average molecular weight is 521 g/mol. The first-order valence-electron chi connectivity index (χ1n) is 13.9. The van der Waals surface area contributed by atoms with Gasteiger partial charge in [0.05, 0.1) is 0 Å². The van der Waals surface area contributed by atoms with Gasteiger partial charge in [0.1, 0.15) is 17.8 Å². The molecule has 0 unspecified atom stereocenters. The van der Waals surface area contributed by atoms with Crippen molar-refractivity contribution in [2.45, 2.75) is 78.3 Å². The number of nitrogens with one attached hydrogen (secondary N) is 2. The van der Waals surface area contributed by atoms with Crippen LogP contribution in [0.5, 0.6) is 0 Å². The van der Waals surface area contributed by atoms with Gasteiger partial charge in [0, 0.05) is 43.7 Å². The third-order valence-electron chi connectivity index (χ3n) is 8.51. The Morgan fingerprint density at radius 1 is 1.03 bits per heavy atom. The van der Waals surface area contributed by atoms with E-state index < -0.39 is 0 Å². The smallest absolute Gasteiger partial charge is 0.272 e. The minimum atomic E-state index is -0.270. The van der Waals surface area contributed by atoms with E-state index in [0.29, 0.717) is 24.1 Å². The Hall–Kier alpha value is -3.00. The summed E-state index contributed by atoms with van der Waals surface area (Å²) in [6, 6.07) is 9.09. The minimum absolute atomic E-state index is 0.0215. The van der Waals surface area contributed by atoms with E-state index in [2.05, 4.69) is 77.5 Å². The minimum Gasteiger partial charge on any atom is -0.366 e. The SMILES string of the molecule is CNC(=O)C1(C)CCN(C2CCN(C(=O)c3ncnc(NCc4ccc(C(C)(C)C)cc4)c3C)CC2)CC1. The van der Waals surface area contributed by atoms with Crippen molar-refractivity contribution in [2.75, 3.05) is 38.5 Å². The van der Waals surface area contributed by atoms with Crippen LogP contribution in [-0.2, 0) is 16.8 Å². The average Bonchev–Trinajstić information content (AvgIpc) is 2.92. The summed E-state index contributed by atoms with van der Waals surface area (Å²) < 4.78 is 0. The fourth-order valence-electron chi connectivity index (χ4n) is 5.65. The Bertz CT molecular complexity index is 1120. The maximum atomic E-state index is 13.4. The van der Waals surface area contributed by atoms with Crippen LogP contribution in [0.1, 0.15) is 80.6 Å². The van der Waals surface area contributed by atoms with Gasteiger partial charge in [-0.3, -0.25) is 9.59 Å². The number of anilines is 1. The van der Waals surface area contributed by atoms with E-state index in [9.17, 15) is 9.59 Å². The Morgan fingerprint density at radius 3 is 2.24 bits per heavy atom. The summed E-state index contributed by atoms with van der Waals surface area (Å²) in [5.41, 5.74) is 3.59. The molecule has 1 aromatic heterocycles. The summed E-state index contributed by atoms with van der Waals surface area (Å²) in [4.78, 5) is 38.9. The van der Waals surface area contributed by atoms with Gasteiger partial charge >= 0.3 is 0 Å². The molecule has 2 saturated heterocycles. The highest BCUT2D eigenvalue weighted by atomic mass is 16.2. The first-order valence-corrected chi connectivity index (χ1v) is 13.9. The van der Waals surface area contributed by atoms with E-state index in [1.165, 1.54) is 17.5 Å². The van der Waals surface area contributed by atoms with Crippen molar-refractivity contribution in [2.24, 2.45) is 5.41 Å². The van der Waals surface area contributed by atoms with Gasteiger partial charge < -0.3 is 20.4 Å². The Morgan fingerprint density at radius 2 is 1.66 bits per heavy atom. The second kappa shape index (κ2) is 11.4. The summed E-state index contributed by atoms with van der Waals surface area (Å²) >= 11 is 0. The molecular formula is C30H44N6O2. The molecule has 0 aliphatic carbocycles. The quantitative estimate of drug-likeness (QED) is 0.595. The number of amides is 2. The van der Waals surface area contributed by atoms with Crippen LogP contribution in [0.4, 0.5) is 5.82 Å². The van der Waals surface area contributed by atoms with Crippen LogP contribution < -0.4 is 10.6 Å². The summed E-state index contributed by atoms with van der Waals surface area (Å²) in [6.07, 6.45) is 5.13. The van der Waals surface area contributed by atoms with Gasteiger partial charge in [-0.2, -0.15) is 0 Å². The third-order valence-corrected chi connectivity index (χ3v) is 8.51. The van der Waals surface area contributed by atoms with E-state index in [1.807, 2.05) is 11.8 Å². The molecule has 2 aromatic rings. The molecule has 2 N–H and O–H groups in total. The lowest BCUT2D eigenvalue weighted by molar-refractivity contribution is -0.132. The van der Waals surface area contributed by atoms with Crippen molar-refractivity contribution in [1.29, 1.82) is 0 Å². The fraction of sp³-hybridized carbons (Fsp3) is 0.600. The van der Waals surface area contributed by atoms with E-state index in [1.54, 1.807) is 7.05 Å². The number of carbonyl (C=O) groups excluding carboxylic acids is 2. The number of carbonyl (C=O) groups is 2. The molecule has 0 bridgehead atoms. The fourth-order valence-corrected chi connectivity index (χ4v) is 5.65. The van der Waals surface area contributed by atoms with Crippen LogP contribution in [0.25, 0.3) is 0 Å². The summed E-state index contributed by atoms with van der Waals surface area (Å²) in [5.74, 6) is 0.822. The molecule has 0 radical (unpaired) electrons. The predicted octanol–water partition coefficient (Wildman–Crippen LogP) is 4.15. The Labute approximate surface area is 227 Å². The number of rotatable bonds is 6. The van der Waals surface area contributed by atoms with E-state index >= 15 is 0 Å². The van der Waals surface area contributed by atoms with E-state index in [-0.39, 0.29) is 22.6 Å². The molecule has 4 rings (SSSR count). The van der Waals surface area contributed by atoms with Crippen molar-refractivity contribution < 1.29 is 9.59 Å². The highest BCUT2D eigenvalue weighted by Crippen LogP contribution is 2.33. The largest absolute Gasteiger partial charge is 0.366 e. The second-order valence-electron chi connectivity index (χ2n) is 12.2. The van der Waals surface area contributed by atoms with Crippen LogP contribution in [0, 0.1) is 12.3 Å². The molecule has 2 fully saturated rings. The number of hydrogen-bond donors (Lipinski definition) is 2. The highest BCUT2D eigenvalue weighted by Gasteiger charge is 2.39. The zero-order valence-electron chi connectivity index (χ0n) is 23.9. The van der Waals surface area contributed by atoms with Crippen molar-refractivity contribution in [3.63, 3.8) is 0 Å². The lowest BCUT2D eigenvalue weighted by atomic mass is 9.79. The first-order chi connectivity index (χ1) is 18.0. The second-order valence-corrected chi connectivity index (χ2v) is 12.2. The monoisotopic (exact) mass is 520 g/mol. The molecule has 8 nitrogen and oxygen atoms in total. The summed E-state index contributed by atoms with van der Waals surface area (Å²) in [6.45, 7) is 14.6. The maximum Gasteiger partial charge on any atom is 0.272 e. The lowest BCUT2D eigenvalue weighted by Gasteiger charge is -2.44. The third kappa shape index (κ3) is 6.17. The number of aromatic nitrogens is 2. The lowest BCUT2D eigenvalue weighted by Crippen LogP contribution is -2.52. The molecule has 206 valence electrons. The van der Waals surface area contributed by atoms with E-state index in [0.717, 1.165) is 57.4 Å². The zero-order valence-corrected chi connectivity index (χ0v) is 23.9. The number of piperidine rings is 2. The van der Waals surface area contributed by atoms with E-state index in [4.69, 9.17) is 0 Å². The van der Waals surface area contributed by atoms with Gasteiger partial charge in [0.2, 0.25) is 5.91 Å². The number of benzene rings is 1. The van der Waals surface area contributed by atoms with Crippen molar-refractivity contribution in [1.82, 2.24) is 25.1 Å². The Kier molecular flexibility index (Phi) is 8.40. The zero-order chi connectivity index (χ0) is 27.5. The van der Waals surface area contributed by atoms with Gasteiger partial charge in [-0.1, -0.05) is 52.0 Å². The predicted molar refractivity (Wildman–Crippen MR) is 151 cm³/mol. The van der Waals surface area contributed by atoms with Gasteiger partial charge in [0.25, 0.3) is 5.91 Å². The number of hydrogen-bond acceptors (Lipinski definition) is 6. The van der Waals surface area contributed by atoms with Crippen LogP contribution in [-0.4, -0.2) is 70.9 Å². The van der Waals surface area contributed by atoms with Crippen molar-refractivity contribution in [3.05, 3.63) is 53.0 Å².